The molecule has 4 aromatic rings. The summed E-state index contributed by atoms with van der Waals surface area (Å²) in [6.45, 7) is 0.604. The molecule has 124 valence electrons. The van der Waals surface area contributed by atoms with Gasteiger partial charge in [0.15, 0.2) is 0 Å². The van der Waals surface area contributed by atoms with E-state index in [9.17, 15) is 9.18 Å². The number of carbonyl (C=O) groups is 1. The lowest BCUT2D eigenvalue weighted by molar-refractivity contribution is 0.101. The summed E-state index contributed by atoms with van der Waals surface area (Å²) in [4.78, 5) is 12.8. The van der Waals surface area contributed by atoms with Crippen molar-refractivity contribution in [2.45, 2.75) is 6.54 Å². The summed E-state index contributed by atoms with van der Waals surface area (Å²) in [5, 5.41) is 4.80. The molecule has 0 aliphatic rings. The fraction of sp³-hybridized carbons (Fsp3) is 0.0500. The van der Waals surface area contributed by atoms with E-state index in [0.717, 1.165) is 15.8 Å². The van der Waals surface area contributed by atoms with E-state index in [0.29, 0.717) is 17.9 Å². The lowest BCUT2D eigenvalue weighted by atomic mass is 10.2. The average molecular weight is 350 g/mol. The van der Waals surface area contributed by atoms with Crippen molar-refractivity contribution in [3.8, 4) is 0 Å². The Morgan fingerprint density at radius 1 is 1.04 bits per heavy atom. The second-order valence-electron chi connectivity index (χ2n) is 5.74. The molecule has 4 rings (SSSR count). The molecule has 2 aromatic heterocycles. The number of nitrogens with zero attached hydrogens (tertiary/aromatic N) is 1. The van der Waals surface area contributed by atoms with Crippen LogP contribution in [0, 0.1) is 5.82 Å². The molecule has 1 N–H and O–H groups in total. The number of rotatable bonds is 4. The molecular formula is C20H15FN2OS. The van der Waals surface area contributed by atoms with Gasteiger partial charge in [0.05, 0.1) is 10.2 Å². The monoisotopic (exact) mass is 350 g/mol. The van der Waals surface area contributed by atoms with Gasteiger partial charge in [-0.25, -0.2) is 4.39 Å². The van der Waals surface area contributed by atoms with Crippen LogP contribution in [0.5, 0.6) is 0 Å². The van der Waals surface area contributed by atoms with Gasteiger partial charge in [0.1, 0.15) is 11.5 Å². The van der Waals surface area contributed by atoms with Gasteiger partial charge in [0.2, 0.25) is 0 Å². The van der Waals surface area contributed by atoms with Gasteiger partial charge in [-0.15, -0.1) is 11.3 Å². The van der Waals surface area contributed by atoms with Gasteiger partial charge in [-0.1, -0.05) is 36.4 Å². The summed E-state index contributed by atoms with van der Waals surface area (Å²) in [5.74, 6) is -0.622. The van der Waals surface area contributed by atoms with Crippen LogP contribution in [0.4, 0.5) is 10.1 Å². The quantitative estimate of drug-likeness (QED) is 0.543. The minimum Gasteiger partial charge on any atom is -0.331 e. The van der Waals surface area contributed by atoms with Crippen LogP contribution in [0.3, 0.4) is 0 Å². The van der Waals surface area contributed by atoms with Crippen LogP contribution in [-0.4, -0.2) is 10.5 Å². The molecule has 0 saturated carbocycles. The zero-order valence-electron chi connectivity index (χ0n) is 13.3. The maximum atomic E-state index is 13.3. The number of amides is 1. The number of hydrogen-bond donors (Lipinski definition) is 1. The summed E-state index contributed by atoms with van der Waals surface area (Å²) < 4.78 is 16.4. The molecule has 2 aromatic carbocycles. The Morgan fingerprint density at radius 3 is 2.68 bits per heavy atom. The third kappa shape index (κ3) is 3.19. The molecule has 0 unspecified atom stereocenters. The number of fused-ring (bicyclic) bond motifs is 1. The zero-order chi connectivity index (χ0) is 17.2. The molecule has 0 aliphatic carbocycles. The van der Waals surface area contributed by atoms with Crippen LogP contribution in [0.2, 0.25) is 0 Å². The van der Waals surface area contributed by atoms with Crippen molar-refractivity contribution < 1.29 is 9.18 Å². The van der Waals surface area contributed by atoms with Gasteiger partial charge in [-0.05, 0) is 41.3 Å². The Labute approximate surface area is 148 Å². The van der Waals surface area contributed by atoms with Crippen LogP contribution in [0.25, 0.3) is 10.2 Å². The summed E-state index contributed by atoms with van der Waals surface area (Å²) in [5.41, 5.74) is 3.15. The Bertz CT molecular complexity index is 1040. The second-order valence-corrected chi connectivity index (χ2v) is 6.68. The molecule has 1 amide bonds. The predicted molar refractivity (Wildman–Crippen MR) is 99.7 cm³/mol. The van der Waals surface area contributed by atoms with E-state index in [1.54, 1.807) is 23.5 Å². The highest BCUT2D eigenvalue weighted by Gasteiger charge is 2.17. The molecule has 0 atom stereocenters. The van der Waals surface area contributed by atoms with E-state index in [4.69, 9.17) is 0 Å². The highest BCUT2D eigenvalue weighted by atomic mass is 32.1. The van der Waals surface area contributed by atoms with Crippen molar-refractivity contribution >= 4 is 33.1 Å². The molecule has 0 fully saturated rings. The fourth-order valence-electron chi connectivity index (χ4n) is 2.86. The molecule has 0 bridgehead atoms. The van der Waals surface area contributed by atoms with Crippen LogP contribution >= 0.6 is 11.3 Å². The highest BCUT2D eigenvalue weighted by molar-refractivity contribution is 7.17. The zero-order valence-corrected chi connectivity index (χ0v) is 14.1. The number of anilines is 1. The van der Waals surface area contributed by atoms with E-state index in [-0.39, 0.29) is 11.7 Å². The van der Waals surface area contributed by atoms with Crippen LogP contribution in [-0.2, 0) is 6.54 Å². The molecule has 0 spiro atoms. The number of hydrogen-bond acceptors (Lipinski definition) is 2. The first kappa shape index (κ1) is 15.6. The van der Waals surface area contributed by atoms with E-state index < -0.39 is 0 Å². The molecule has 5 heteroatoms. The molecule has 25 heavy (non-hydrogen) atoms. The van der Waals surface area contributed by atoms with Crippen LogP contribution < -0.4 is 5.32 Å². The first-order chi connectivity index (χ1) is 12.2. The molecule has 3 nitrogen and oxygen atoms in total. The number of aromatic nitrogens is 1. The topological polar surface area (TPSA) is 34.0 Å². The normalized spacial score (nSPS) is 10.9. The lowest BCUT2D eigenvalue weighted by Crippen LogP contribution is -2.17. The van der Waals surface area contributed by atoms with Gasteiger partial charge in [0, 0.05) is 12.2 Å². The smallest absolute Gasteiger partial charge is 0.272 e. The maximum absolute atomic E-state index is 13.3. The molecule has 0 radical (unpaired) electrons. The van der Waals surface area contributed by atoms with Gasteiger partial charge < -0.3 is 9.88 Å². The summed E-state index contributed by atoms with van der Waals surface area (Å²) >= 11 is 1.60. The van der Waals surface area contributed by atoms with E-state index in [1.807, 2.05) is 52.4 Å². The second kappa shape index (κ2) is 6.53. The Morgan fingerprint density at radius 2 is 1.88 bits per heavy atom. The third-order valence-electron chi connectivity index (χ3n) is 4.02. The first-order valence-electron chi connectivity index (χ1n) is 7.88. The van der Waals surface area contributed by atoms with Crippen LogP contribution in [0.1, 0.15) is 16.1 Å². The number of benzene rings is 2. The lowest BCUT2D eigenvalue weighted by Gasteiger charge is -2.11. The third-order valence-corrected chi connectivity index (χ3v) is 4.87. The Balaban J connectivity index is 1.70. The number of nitrogens with one attached hydrogen (secondary N) is 1. The number of thiophene rings is 1. The SMILES string of the molecule is O=C(Nc1cccc(F)c1)c1cc2sccc2n1Cc1ccccc1. The van der Waals surface area contributed by atoms with Crippen molar-refractivity contribution in [2.24, 2.45) is 0 Å². The highest BCUT2D eigenvalue weighted by Crippen LogP contribution is 2.27. The number of halogens is 1. The van der Waals surface area contributed by atoms with Gasteiger partial charge in [-0.2, -0.15) is 0 Å². The van der Waals surface area contributed by atoms with Crippen molar-refractivity contribution in [3.05, 3.63) is 89.2 Å². The summed E-state index contributed by atoms with van der Waals surface area (Å²) in [6, 6.07) is 19.8. The molecule has 0 aliphatic heterocycles. The minimum atomic E-state index is -0.376. The minimum absolute atomic E-state index is 0.245. The van der Waals surface area contributed by atoms with E-state index in [1.165, 1.54) is 12.1 Å². The van der Waals surface area contributed by atoms with Crippen LogP contribution in [0.15, 0.2) is 72.1 Å². The first-order valence-corrected chi connectivity index (χ1v) is 8.76. The Kier molecular flexibility index (Phi) is 4.07. The van der Waals surface area contributed by atoms with Crippen molar-refractivity contribution in [1.29, 1.82) is 0 Å². The molecule has 2 heterocycles. The van der Waals surface area contributed by atoms with Crippen molar-refractivity contribution in [1.82, 2.24) is 4.57 Å². The van der Waals surface area contributed by atoms with Crippen molar-refractivity contribution in [2.75, 3.05) is 5.32 Å². The summed E-state index contributed by atoms with van der Waals surface area (Å²) in [6.07, 6.45) is 0. The predicted octanol–water partition coefficient (Wildman–Crippen LogP) is 5.14. The molecular weight excluding hydrogens is 335 g/mol. The largest absolute Gasteiger partial charge is 0.331 e. The molecule has 0 saturated heterocycles. The Hall–Kier alpha value is -2.92. The fourth-order valence-corrected chi connectivity index (χ4v) is 3.69. The standard InChI is InChI=1S/C20H15FN2OS/c21-15-7-4-8-16(11-15)22-20(24)18-12-19-17(9-10-25-19)23(18)13-14-5-2-1-3-6-14/h1-12H,13H2,(H,22,24). The van der Waals surface area contributed by atoms with E-state index in [2.05, 4.69) is 5.32 Å². The number of carbonyl (C=O) groups excluding carboxylic acids is 1. The average Bonchev–Trinajstić information content (AvgIpc) is 3.18. The van der Waals surface area contributed by atoms with Gasteiger partial charge in [-0.3, -0.25) is 4.79 Å². The van der Waals surface area contributed by atoms with Crippen molar-refractivity contribution in [3.63, 3.8) is 0 Å². The summed E-state index contributed by atoms with van der Waals surface area (Å²) in [7, 11) is 0. The maximum Gasteiger partial charge on any atom is 0.272 e. The van der Waals surface area contributed by atoms with E-state index >= 15 is 0 Å². The van der Waals surface area contributed by atoms with Gasteiger partial charge >= 0.3 is 0 Å². The van der Waals surface area contributed by atoms with Gasteiger partial charge in [0.25, 0.3) is 5.91 Å².